The van der Waals surface area contributed by atoms with Gasteiger partial charge >= 0.3 is 0 Å². The Hall–Kier alpha value is 0.137. The molecule has 0 saturated carbocycles. The molecular formula is C12H28O2Si. The van der Waals surface area contributed by atoms with Crippen LogP contribution in [0.3, 0.4) is 0 Å². The van der Waals surface area contributed by atoms with Gasteiger partial charge in [0.05, 0.1) is 12.7 Å². The van der Waals surface area contributed by atoms with Gasteiger partial charge in [-0.05, 0) is 13.3 Å². The molecule has 15 heavy (non-hydrogen) atoms. The van der Waals surface area contributed by atoms with Crippen LogP contribution in [0.15, 0.2) is 0 Å². The Morgan fingerprint density at radius 1 is 1.00 bits per heavy atom. The highest BCUT2D eigenvalue weighted by Gasteiger charge is 2.05. The first kappa shape index (κ1) is 15.1. The SMILES string of the molecule is CCCCCCCCC(COCC)O[SiH3]. The molecule has 0 aliphatic carbocycles. The van der Waals surface area contributed by atoms with Gasteiger partial charge in [0, 0.05) is 6.61 Å². The van der Waals surface area contributed by atoms with Crippen molar-refractivity contribution in [2.75, 3.05) is 13.2 Å². The number of hydrogen-bond acceptors (Lipinski definition) is 2. The van der Waals surface area contributed by atoms with Gasteiger partial charge < -0.3 is 9.16 Å². The molecule has 0 rings (SSSR count). The van der Waals surface area contributed by atoms with Crippen LogP contribution in [-0.4, -0.2) is 29.8 Å². The summed E-state index contributed by atoms with van der Waals surface area (Å²) >= 11 is 0. The maximum Gasteiger partial charge on any atom is 0.146 e. The van der Waals surface area contributed by atoms with Gasteiger partial charge in [-0.3, -0.25) is 0 Å². The van der Waals surface area contributed by atoms with Crippen LogP contribution in [0.5, 0.6) is 0 Å². The average Bonchev–Trinajstić information content (AvgIpc) is 2.27. The summed E-state index contributed by atoms with van der Waals surface area (Å²) in [6, 6.07) is 0. The quantitative estimate of drug-likeness (QED) is 0.402. The van der Waals surface area contributed by atoms with Gasteiger partial charge in [0.1, 0.15) is 10.5 Å². The molecule has 0 aromatic rings. The van der Waals surface area contributed by atoms with Crippen molar-refractivity contribution in [1.82, 2.24) is 0 Å². The van der Waals surface area contributed by atoms with E-state index in [1.165, 1.54) is 44.9 Å². The molecule has 0 aromatic carbocycles. The van der Waals surface area contributed by atoms with Crippen LogP contribution in [0, 0.1) is 0 Å². The van der Waals surface area contributed by atoms with Crippen LogP contribution in [0.4, 0.5) is 0 Å². The topological polar surface area (TPSA) is 18.5 Å². The van der Waals surface area contributed by atoms with Gasteiger partial charge in [0.15, 0.2) is 0 Å². The normalized spacial score (nSPS) is 13.2. The third-order valence-electron chi connectivity index (χ3n) is 2.72. The fraction of sp³-hybridized carbons (Fsp3) is 1.00. The average molecular weight is 232 g/mol. The molecule has 0 aliphatic rings. The summed E-state index contributed by atoms with van der Waals surface area (Å²) in [7, 11) is 0.829. The smallest absolute Gasteiger partial charge is 0.146 e. The minimum Gasteiger partial charge on any atom is -0.423 e. The molecule has 2 nitrogen and oxygen atoms in total. The first-order valence-electron chi connectivity index (χ1n) is 6.45. The fourth-order valence-corrected chi connectivity index (χ4v) is 2.04. The van der Waals surface area contributed by atoms with E-state index in [4.69, 9.17) is 9.16 Å². The third-order valence-corrected chi connectivity index (χ3v) is 3.39. The predicted molar refractivity (Wildman–Crippen MR) is 69.3 cm³/mol. The van der Waals surface area contributed by atoms with Crippen molar-refractivity contribution >= 4 is 10.5 Å². The molecule has 1 atom stereocenters. The minimum absolute atomic E-state index is 0.364. The van der Waals surface area contributed by atoms with Crippen LogP contribution >= 0.6 is 0 Å². The summed E-state index contributed by atoms with van der Waals surface area (Å²) in [6.45, 7) is 5.88. The van der Waals surface area contributed by atoms with Gasteiger partial charge in [-0.15, -0.1) is 0 Å². The Kier molecular flexibility index (Phi) is 12.3. The molecule has 1 unspecified atom stereocenters. The molecule has 0 aromatic heterocycles. The van der Waals surface area contributed by atoms with Crippen LogP contribution in [0.25, 0.3) is 0 Å². The highest BCUT2D eigenvalue weighted by molar-refractivity contribution is 5.98. The summed E-state index contributed by atoms with van der Waals surface area (Å²) in [4.78, 5) is 0. The second-order valence-electron chi connectivity index (χ2n) is 4.07. The number of unbranched alkanes of at least 4 members (excludes halogenated alkanes) is 5. The Bertz CT molecular complexity index is 120. The first-order valence-corrected chi connectivity index (χ1v) is 7.27. The highest BCUT2D eigenvalue weighted by Crippen LogP contribution is 2.10. The molecule has 0 aliphatic heterocycles. The molecular weight excluding hydrogens is 204 g/mol. The van der Waals surface area contributed by atoms with Crippen molar-refractivity contribution in [3.63, 3.8) is 0 Å². The standard InChI is InChI=1S/C12H28O2Si/c1-3-5-6-7-8-9-10-12(14-15)11-13-4-2/h12H,3-11H2,1-2,15H3. The summed E-state index contributed by atoms with van der Waals surface area (Å²) in [5, 5.41) is 0. The molecule has 92 valence electrons. The lowest BCUT2D eigenvalue weighted by molar-refractivity contribution is 0.0557. The van der Waals surface area contributed by atoms with Gasteiger partial charge in [-0.1, -0.05) is 45.4 Å². The van der Waals surface area contributed by atoms with E-state index < -0.39 is 0 Å². The van der Waals surface area contributed by atoms with Crippen molar-refractivity contribution in [1.29, 1.82) is 0 Å². The molecule has 0 N–H and O–H groups in total. The summed E-state index contributed by atoms with van der Waals surface area (Å²) in [5.41, 5.74) is 0. The molecule has 0 fully saturated rings. The molecule has 0 spiro atoms. The zero-order chi connectivity index (χ0) is 11.4. The fourth-order valence-electron chi connectivity index (χ4n) is 1.67. The Morgan fingerprint density at radius 2 is 1.67 bits per heavy atom. The second kappa shape index (κ2) is 12.2. The van der Waals surface area contributed by atoms with E-state index in [1.807, 2.05) is 6.92 Å². The maximum absolute atomic E-state index is 5.49. The van der Waals surface area contributed by atoms with E-state index in [2.05, 4.69) is 6.92 Å². The Balaban J connectivity index is 3.22. The Morgan fingerprint density at radius 3 is 2.27 bits per heavy atom. The molecule has 0 bridgehead atoms. The summed E-state index contributed by atoms with van der Waals surface area (Å²) in [6.07, 6.45) is 9.69. The van der Waals surface area contributed by atoms with E-state index in [-0.39, 0.29) is 0 Å². The van der Waals surface area contributed by atoms with Crippen LogP contribution in [0.1, 0.15) is 58.8 Å². The van der Waals surface area contributed by atoms with Crippen molar-refractivity contribution in [3.8, 4) is 0 Å². The number of rotatable bonds is 11. The van der Waals surface area contributed by atoms with Crippen molar-refractivity contribution in [3.05, 3.63) is 0 Å². The molecule has 0 saturated heterocycles. The van der Waals surface area contributed by atoms with Gasteiger partial charge in [0.2, 0.25) is 0 Å². The minimum atomic E-state index is 0.364. The molecule has 0 heterocycles. The number of hydrogen-bond donors (Lipinski definition) is 0. The Labute approximate surface area is 98.3 Å². The van der Waals surface area contributed by atoms with E-state index >= 15 is 0 Å². The zero-order valence-corrected chi connectivity index (χ0v) is 12.8. The summed E-state index contributed by atoms with van der Waals surface area (Å²) < 4.78 is 10.9. The first-order chi connectivity index (χ1) is 7.35. The van der Waals surface area contributed by atoms with Crippen LogP contribution < -0.4 is 0 Å². The molecule has 0 amide bonds. The van der Waals surface area contributed by atoms with E-state index in [1.54, 1.807) is 0 Å². The largest absolute Gasteiger partial charge is 0.423 e. The predicted octanol–water partition coefficient (Wildman–Crippen LogP) is 2.44. The van der Waals surface area contributed by atoms with Crippen LogP contribution in [-0.2, 0) is 9.16 Å². The van der Waals surface area contributed by atoms with E-state index in [0.29, 0.717) is 6.10 Å². The summed E-state index contributed by atoms with van der Waals surface area (Å²) in [5.74, 6) is 0. The van der Waals surface area contributed by atoms with Gasteiger partial charge in [0.25, 0.3) is 0 Å². The third kappa shape index (κ3) is 10.4. The lowest BCUT2D eigenvalue weighted by atomic mass is 10.1. The zero-order valence-electron chi connectivity index (χ0n) is 10.8. The molecule has 3 heteroatoms. The number of ether oxygens (including phenoxy) is 1. The van der Waals surface area contributed by atoms with Crippen molar-refractivity contribution < 1.29 is 9.16 Å². The van der Waals surface area contributed by atoms with Crippen molar-refractivity contribution in [2.45, 2.75) is 64.9 Å². The lowest BCUT2D eigenvalue weighted by Crippen LogP contribution is -2.18. The maximum atomic E-state index is 5.49. The monoisotopic (exact) mass is 232 g/mol. The van der Waals surface area contributed by atoms with Gasteiger partial charge in [-0.25, -0.2) is 0 Å². The highest BCUT2D eigenvalue weighted by atomic mass is 28.2. The van der Waals surface area contributed by atoms with Crippen LogP contribution in [0.2, 0.25) is 0 Å². The van der Waals surface area contributed by atoms with E-state index in [9.17, 15) is 0 Å². The van der Waals surface area contributed by atoms with Gasteiger partial charge in [-0.2, -0.15) is 0 Å². The van der Waals surface area contributed by atoms with Crippen molar-refractivity contribution in [2.24, 2.45) is 0 Å². The van der Waals surface area contributed by atoms with E-state index in [0.717, 1.165) is 23.7 Å². The lowest BCUT2D eigenvalue weighted by Gasteiger charge is -2.15. The molecule has 0 radical (unpaired) electrons. The second-order valence-corrected chi connectivity index (χ2v) is 4.55.